The Bertz CT molecular complexity index is 6020. The van der Waals surface area contributed by atoms with Gasteiger partial charge in [-0.3, -0.25) is 78.0 Å². The van der Waals surface area contributed by atoms with Gasteiger partial charge in [0.05, 0.1) is 54.0 Å². The fourth-order valence-corrected chi connectivity index (χ4v) is 25.3. The summed E-state index contributed by atoms with van der Waals surface area (Å²) in [5, 5.41) is 44.8. The van der Waals surface area contributed by atoms with E-state index in [1.54, 1.807) is 35.4 Å². The number of carbonyl (C=O) groups excluding carboxylic acids is 10. The van der Waals surface area contributed by atoms with E-state index in [-0.39, 0.29) is 69.4 Å². The first-order valence-electron chi connectivity index (χ1n) is 44.1. The molecule has 28 nitrogen and oxygen atoms in total. The molecule has 2 saturated heterocycles. The second kappa shape index (κ2) is 34.1. The number of anilines is 2. The summed E-state index contributed by atoms with van der Waals surface area (Å²) in [6, 6.07) is 42.1. The number of aromatic nitrogens is 1. The van der Waals surface area contributed by atoms with Crippen molar-refractivity contribution in [3.05, 3.63) is 275 Å². The quantitative estimate of drug-likeness (QED) is 0.0347. The fraction of sp³-hybridized carbons (Fsp3) is 0.378. The number of nitrogens with one attached hydrogen (secondary N) is 4. The topological polar surface area (TPSA) is 358 Å². The molecule has 25 rings (SSSR count). The highest BCUT2D eigenvalue weighted by molar-refractivity contribution is 7.80. The standard InChI is InChI=1S/C20H25NS.C18H21NO2.C16H19N3O2.C16H10N2O2S.C14H11N3O5.C14H11N3O4S/c1-13(21-12-17-4-2-3-5-18(17)19(21)22)20-9-14-6-15(10-20)8-16(7-14)11-20;20-16-15-4-2-1-3-14(15)10-19(16)17-6-12-5-13(7-17)9-18(21,8-12)11-17;1-10(2)18-12-6-5-11-9-19(16(21)13(11)8-12)14-4-3-7-17-15(14)20;1-9-6-7-12-13(8-9)21-16(17-12)18-14(19)10-4-2-3-5-11(10)15(18)20;1-7-5-6-10(12(18)15-7)16-13(19)8-3-2-4-9(17(21)22)11(8)14(16)20;1-7-5-6-10(12(22)15-7)16-13(18)8-3-2-4-9(17(20)21)11(8)14(16)19/h2-5,13-16H,6-12H2,1H3;1-4,12-13,21H,5-11H2;3,5-8,10,14,18H,4,9H2,1-2H3,(H,17,20);2-8H,1H3;2-4,10H,1,5-6H2,(H,15,18);2-4,10H,1,5-6H2,(H,15,22). The minimum absolute atomic E-state index is 0.0450. The van der Waals surface area contributed by atoms with Gasteiger partial charge in [-0.1, -0.05) is 134 Å². The van der Waals surface area contributed by atoms with Crippen molar-refractivity contribution in [1.82, 2.24) is 45.4 Å². The molecule has 6 atom stereocenters. The van der Waals surface area contributed by atoms with Crippen LogP contribution >= 0.6 is 35.8 Å². The van der Waals surface area contributed by atoms with Gasteiger partial charge in [0.25, 0.3) is 58.6 Å². The lowest BCUT2D eigenvalue weighted by atomic mass is 9.47. The summed E-state index contributed by atoms with van der Waals surface area (Å²) >= 11 is 12.4. The molecular weight excluding hydrogens is 1700 g/mol. The summed E-state index contributed by atoms with van der Waals surface area (Å²) in [7, 11) is 0. The second-order valence-corrected chi connectivity index (χ2v) is 39.2. The minimum atomic E-state index is -0.975. The van der Waals surface area contributed by atoms with Gasteiger partial charge in [0.1, 0.15) is 33.2 Å². The third-order valence-corrected chi connectivity index (χ3v) is 30.3. The number of nitro groups is 2. The average Bonchev–Trinajstić information content (AvgIpc) is 1.52. The van der Waals surface area contributed by atoms with E-state index < -0.39 is 68.8 Å². The van der Waals surface area contributed by atoms with Crippen molar-refractivity contribution >= 4 is 137 Å². The van der Waals surface area contributed by atoms with E-state index in [9.17, 15) is 73.3 Å². The van der Waals surface area contributed by atoms with E-state index in [4.69, 9.17) is 24.4 Å². The zero-order valence-corrected chi connectivity index (χ0v) is 74.2. The highest BCUT2D eigenvalue weighted by atomic mass is 32.1. The van der Waals surface area contributed by atoms with Gasteiger partial charge in [-0.25, -0.2) is 9.88 Å². The Kier molecular flexibility index (Phi) is 23.0. The van der Waals surface area contributed by atoms with Crippen LogP contribution in [0.3, 0.4) is 0 Å². The number of imide groups is 3. The Balaban J connectivity index is 0.000000104. The molecule has 1 aromatic heterocycles. The molecule has 9 aliphatic heterocycles. The highest BCUT2D eigenvalue weighted by Gasteiger charge is 2.62. The molecule has 10 fully saturated rings. The predicted octanol–water partition coefficient (Wildman–Crippen LogP) is 15.5. The van der Waals surface area contributed by atoms with Crippen LogP contribution in [0.1, 0.15) is 241 Å². The number of rotatable bonds is 11. The zero-order valence-electron chi connectivity index (χ0n) is 71.8. The Morgan fingerprint density at radius 1 is 0.543 bits per heavy atom. The second-order valence-electron chi connectivity index (χ2n) is 37.4. The zero-order chi connectivity index (χ0) is 90.7. The Morgan fingerprint density at radius 2 is 1.08 bits per heavy atom. The molecule has 6 unspecified atom stereocenters. The molecule has 7 aromatic carbocycles. The largest absolute Gasteiger partial charge is 0.390 e. The molecular formula is C98H97N13O15S3. The molecule has 129 heavy (non-hydrogen) atoms. The van der Waals surface area contributed by atoms with E-state index in [0.717, 1.165) is 128 Å². The summed E-state index contributed by atoms with van der Waals surface area (Å²) in [4.78, 5) is 160. The van der Waals surface area contributed by atoms with Gasteiger partial charge in [0, 0.05) is 83.2 Å². The predicted molar refractivity (Wildman–Crippen MR) is 491 cm³/mol. The van der Waals surface area contributed by atoms with Gasteiger partial charge < -0.3 is 41.1 Å². The lowest BCUT2D eigenvalue weighted by molar-refractivity contribution is -0.385. The number of thiazole rings is 1. The number of aryl methyl sites for hydroxylation is 1. The van der Waals surface area contributed by atoms with Crippen molar-refractivity contribution in [3.63, 3.8) is 0 Å². The third-order valence-electron chi connectivity index (χ3n) is 28.5. The Labute approximate surface area is 758 Å². The van der Waals surface area contributed by atoms with E-state index in [0.29, 0.717) is 94.1 Å². The monoisotopic (exact) mass is 1790 g/mol. The number of nitro benzene ring substituents is 2. The van der Waals surface area contributed by atoms with Gasteiger partial charge in [-0.05, 0) is 255 Å². The highest BCUT2D eigenvalue weighted by Crippen LogP contribution is 2.63. The van der Waals surface area contributed by atoms with Gasteiger partial charge in [-0.2, -0.15) is 0 Å². The molecule has 662 valence electrons. The van der Waals surface area contributed by atoms with Crippen molar-refractivity contribution in [3.8, 4) is 0 Å². The molecule has 0 radical (unpaired) electrons. The van der Waals surface area contributed by atoms with Crippen LogP contribution in [0, 0.1) is 62.2 Å². The van der Waals surface area contributed by atoms with Gasteiger partial charge in [0.2, 0.25) is 16.9 Å². The van der Waals surface area contributed by atoms with Crippen LogP contribution in [0.25, 0.3) is 10.2 Å². The van der Waals surface area contributed by atoms with Crippen molar-refractivity contribution in [2.75, 3.05) is 10.2 Å². The van der Waals surface area contributed by atoms with E-state index in [1.807, 2.05) is 67.6 Å². The molecule has 10 amide bonds. The van der Waals surface area contributed by atoms with Crippen LogP contribution in [-0.2, 0) is 29.2 Å². The number of hydrogen-bond donors (Lipinski definition) is 5. The number of nitrogens with zero attached hydrogens (tertiary/aromatic N) is 9. The first kappa shape index (κ1) is 87.0. The first-order chi connectivity index (χ1) is 61.7. The number of aliphatic hydroxyl groups is 1. The fourth-order valence-electron chi connectivity index (χ4n) is 23.5. The van der Waals surface area contributed by atoms with Crippen molar-refractivity contribution < 1.29 is 62.9 Å². The van der Waals surface area contributed by atoms with Crippen LogP contribution in [-0.4, -0.2) is 155 Å². The summed E-state index contributed by atoms with van der Waals surface area (Å²) in [5.74, 6) is 0.497. The number of allylic oxidation sites excluding steroid dienone is 2. The van der Waals surface area contributed by atoms with Gasteiger partial charge >= 0.3 is 0 Å². The van der Waals surface area contributed by atoms with Crippen LogP contribution in [0.5, 0.6) is 0 Å². The number of thiocarbonyl (C=S) groups is 2. The van der Waals surface area contributed by atoms with Crippen molar-refractivity contribution in [1.29, 1.82) is 0 Å². The minimum Gasteiger partial charge on any atom is -0.390 e. The maximum Gasteiger partial charge on any atom is 0.282 e. The van der Waals surface area contributed by atoms with E-state index >= 15 is 0 Å². The van der Waals surface area contributed by atoms with E-state index in [1.165, 1.54) is 103 Å². The molecule has 0 spiro atoms. The Hall–Kier alpha value is -12.7. The number of fused-ring (bicyclic) bond motifs is 7. The molecule has 8 saturated carbocycles. The molecule has 8 bridgehead atoms. The maximum atomic E-state index is 12.9. The SMILES string of the molecule is C=C1CCC(N2C(=O)c3cccc([N+](=O)[O-])c3C2=O)C(=O)N1.C=C1CCC(N2C(=O)c3cccc([N+](=O)[O-])c3C2=O)C(=S)N1.CC(C)Nc1ccc2c(c1)C(=O)N(C1CC=CNC1=O)C2.CC(N1Cc2ccccc2C1=S)C12CC3CC(CC(C3)C1)C2.Cc1ccc2nc(N3C(=O)c4ccccc4C3=O)sc2c1.O=C1c2ccccc2CN1C12CC3CC(CC(O)(C3)C1)C2. The molecule has 10 heterocycles. The average molecular weight is 1790 g/mol. The van der Waals surface area contributed by atoms with Crippen molar-refractivity contribution in [2.45, 2.75) is 198 Å². The smallest absolute Gasteiger partial charge is 0.282 e. The summed E-state index contributed by atoms with van der Waals surface area (Å²) in [6.07, 6.45) is 21.0. The maximum absolute atomic E-state index is 12.9. The van der Waals surface area contributed by atoms with Crippen LogP contribution < -0.4 is 26.2 Å². The third kappa shape index (κ3) is 16.0. The first-order valence-corrected chi connectivity index (χ1v) is 45.7. The van der Waals surface area contributed by atoms with Crippen LogP contribution in [0.4, 0.5) is 22.2 Å². The number of piperidine rings is 2. The molecule has 5 N–H and O–H groups in total. The van der Waals surface area contributed by atoms with Crippen LogP contribution in [0.15, 0.2) is 182 Å². The summed E-state index contributed by atoms with van der Waals surface area (Å²) in [5.41, 5.74) is 10.2. The number of carbonyl (C=O) groups is 10. The normalized spacial score (nSPS) is 26.7. The lowest BCUT2D eigenvalue weighted by Crippen LogP contribution is -2.65. The molecule has 31 heteroatoms. The van der Waals surface area contributed by atoms with Crippen LogP contribution in [0.2, 0.25) is 0 Å². The Morgan fingerprint density at radius 3 is 1.63 bits per heavy atom. The van der Waals surface area contributed by atoms with E-state index in [2.05, 4.69) is 100 Å². The number of amides is 10. The summed E-state index contributed by atoms with van der Waals surface area (Å²) < 4.78 is 0.974. The summed E-state index contributed by atoms with van der Waals surface area (Å²) in [6.45, 7) is 18.3. The van der Waals surface area contributed by atoms with Crippen molar-refractivity contribution in [2.24, 2.45) is 35.0 Å². The lowest BCUT2D eigenvalue weighted by Gasteiger charge is -2.62. The van der Waals surface area contributed by atoms with Gasteiger partial charge in [-0.15, -0.1) is 0 Å². The number of hydrogen-bond acceptors (Lipinski definition) is 20. The van der Waals surface area contributed by atoms with Gasteiger partial charge in [0.15, 0.2) is 0 Å². The number of benzene rings is 7. The molecule has 8 aliphatic carbocycles. The molecule has 17 aliphatic rings. The molecule has 8 aromatic rings.